The lowest BCUT2D eigenvalue weighted by atomic mass is 9.91. The summed E-state index contributed by atoms with van der Waals surface area (Å²) in [5.74, 6) is -4.62. The number of esters is 2. The average Bonchev–Trinajstić information content (AvgIpc) is 2.21. The van der Waals surface area contributed by atoms with Gasteiger partial charge in [-0.3, -0.25) is 4.79 Å². The number of carbonyl (C=O) groups excluding carboxylic acids is 2. The summed E-state index contributed by atoms with van der Waals surface area (Å²) in [5, 5.41) is 0. The van der Waals surface area contributed by atoms with Crippen LogP contribution in [0.3, 0.4) is 0 Å². The van der Waals surface area contributed by atoms with E-state index in [0.29, 0.717) is 13.3 Å². The summed E-state index contributed by atoms with van der Waals surface area (Å²) in [4.78, 5) is 22.4. The number of ether oxygens (including phenoxy) is 2. The summed E-state index contributed by atoms with van der Waals surface area (Å²) >= 11 is 0. The van der Waals surface area contributed by atoms with Crippen molar-refractivity contribution in [1.29, 1.82) is 0 Å². The second-order valence-electron chi connectivity index (χ2n) is 4.54. The van der Waals surface area contributed by atoms with Crippen LogP contribution in [-0.4, -0.2) is 31.1 Å². The Balaban J connectivity index is 3.97. The number of carbonyl (C=O) groups is 2. The van der Waals surface area contributed by atoms with E-state index in [1.54, 1.807) is 20.8 Å². The van der Waals surface area contributed by atoms with E-state index in [-0.39, 0.29) is 0 Å². The minimum atomic E-state index is -3.08. The molecule has 0 saturated heterocycles. The molecule has 0 N–H and O–H groups in total. The van der Waals surface area contributed by atoms with Crippen molar-refractivity contribution in [3.8, 4) is 0 Å². The third-order valence-electron chi connectivity index (χ3n) is 2.24. The Labute approximate surface area is 99.3 Å². The molecule has 0 aromatic carbocycles. The number of halogens is 2. The molecule has 4 nitrogen and oxygen atoms in total. The van der Waals surface area contributed by atoms with Gasteiger partial charge in [-0.2, -0.15) is 0 Å². The van der Waals surface area contributed by atoms with E-state index in [9.17, 15) is 18.4 Å². The van der Waals surface area contributed by atoms with Crippen molar-refractivity contribution in [1.82, 2.24) is 0 Å². The molecule has 0 amide bonds. The third kappa shape index (κ3) is 6.86. The smallest absolute Gasteiger partial charge is 0.344 e. The van der Waals surface area contributed by atoms with Crippen LogP contribution in [0.4, 0.5) is 8.78 Å². The summed E-state index contributed by atoms with van der Waals surface area (Å²) in [6.07, 6.45) is 0.550. The molecule has 0 aliphatic carbocycles. The first-order valence-electron chi connectivity index (χ1n) is 5.29. The zero-order valence-electron chi connectivity index (χ0n) is 10.5. The van der Waals surface area contributed by atoms with E-state index < -0.39 is 36.5 Å². The minimum absolute atomic E-state index is 0.550. The van der Waals surface area contributed by atoms with Crippen molar-refractivity contribution < 1.29 is 27.8 Å². The maximum Gasteiger partial charge on any atom is 0.344 e. The van der Waals surface area contributed by atoms with Gasteiger partial charge in [0.05, 0.1) is 5.41 Å². The standard InChI is InChI=1S/C11H18F2O4/c1-5-10(2,3)9(15)16-6-8(14)17-7-11(4,12)13/h5-7H2,1-4H3. The maximum atomic E-state index is 12.3. The number of hydrogen-bond donors (Lipinski definition) is 0. The molecule has 6 heteroatoms. The van der Waals surface area contributed by atoms with E-state index in [1.807, 2.05) is 0 Å². The molecule has 0 radical (unpaired) electrons. The number of hydrogen-bond acceptors (Lipinski definition) is 4. The Hall–Kier alpha value is -1.20. The zero-order valence-corrected chi connectivity index (χ0v) is 10.5. The quantitative estimate of drug-likeness (QED) is 0.680. The maximum absolute atomic E-state index is 12.3. The third-order valence-corrected chi connectivity index (χ3v) is 2.24. The van der Waals surface area contributed by atoms with Gasteiger partial charge in [0.25, 0.3) is 5.92 Å². The monoisotopic (exact) mass is 252 g/mol. The van der Waals surface area contributed by atoms with Crippen LogP contribution < -0.4 is 0 Å². The second-order valence-corrected chi connectivity index (χ2v) is 4.54. The summed E-state index contributed by atoms with van der Waals surface area (Å²) in [7, 11) is 0. The summed E-state index contributed by atoms with van der Waals surface area (Å²) in [5.41, 5.74) is -0.699. The molecular weight excluding hydrogens is 234 g/mol. The van der Waals surface area contributed by atoms with Crippen molar-refractivity contribution in [3.63, 3.8) is 0 Å². The second kappa shape index (κ2) is 5.93. The highest BCUT2D eigenvalue weighted by atomic mass is 19.3. The fourth-order valence-corrected chi connectivity index (χ4v) is 0.713. The predicted octanol–water partition coefficient (Wildman–Crippen LogP) is 2.16. The Kier molecular flexibility index (Phi) is 5.51. The van der Waals surface area contributed by atoms with Crippen molar-refractivity contribution >= 4 is 11.9 Å². The van der Waals surface area contributed by atoms with Gasteiger partial charge in [0.2, 0.25) is 0 Å². The molecule has 0 fully saturated rings. The highest BCUT2D eigenvalue weighted by Gasteiger charge is 2.28. The molecule has 0 atom stereocenters. The van der Waals surface area contributed by atoms with Gasteiger partial charge in [0.15, 0.2) is 13.2 Å². The molecule has 0 rings (SSSR count). The van der Waals surface area contributed by atoms with Gasteiger partial charge in [-0.25, -0.2) is 13.6 Å². The molecule has 0 aromatic heterocycles. The Morgan fingerprint density at radius 2 is 1.65 bits per heavy atom. The molecule has 0 aliphatic rings. The van der Waals surface area contributed by atoms with Crippen molar-refractivity contribution in [2.24, 2.45) is 5.41 Å². The van der Waals surface area contributed by atoms with Gasteiger partial charge in [-0.15, -0.1) is 0 Å². The molecule has 17 heavy (non-hydrogen) atoms. The first-order chi connectivity index (χ1) is 7.58. The Morgan fingerprint density at radius 3 is 2.06 bits per heavy atom. The van der Waals surface area contributed by atoms with Crippen LogP contribution in [0.15, 0.2) is 0 Å². The van der Waals surface area contributed by atoms with Crippen molar-refractivity contribution in [2.75, 3.05) is 13.2 Å². The molecule has 100 valence electrons. The lowest BCUT2D eigenvalue weighted by Gasteiger charge is -2.20. The van der Waals surface area contributed by atoms with Gasteiger partial charge < -0.3 is 9.47 Å². The minimum Gasteiger partial charge on any atom is -0.457 e. The highest BCUT2D eigenvalue weighted by molar-refractivity contribution is 5.79. The summed E-state index contributed by atoms with van der Waals surface area (Å²) in [6, 6.07) is 0. The van der Waals surface area contributed by atoms with Crippen LogP contribution in [0.2, 0.25) is 0 Å². The molecule has 0 unspecified atom stereocenters. The molecule has 0 aliphatic heterocycles. The topological polar surface area (TPSA) is 52.6 Å². The van der Waals surface area contributed by atoms with Crippen LogP contribution in [-0.2, 0) is 19.1 Å². The predicted molar refractivity (Wildman–Crippen MR) is 56.6 cm³/mol. The molecule has 0 bridgehead atoms. The van der Waals surface area contributed by atoms with E-state index in [4.69, 9.17) is 0 Å². The van der Waals surface area contributed by atoms with E-state index >= 15 is 0 Å². The van der Waals surface area contributed by atoms with Crippen LogP contribution in [0.5, 0.6) is 0 Å². The summed E-state index contributed by atoms with van der Waals surface area (Å²) < 4.78 is 33.6. The number of rotatable bonds is 6. The lowest BCUT2D eigenvalue weighted by molar-refractivity contribution is -0.169. The highest BCUT2D eigenvalue weighted by Crippen LogP contribution is 2.21. The average molecular weight is 252 g/mol. The Morgan fingerprint density at radius 1 is 1.12 bits per heavy atom. The Bertz CT molecular complexity index is 282. The van der Waals surface area contributed by atoms with Crippen LogP contribution in [0.25, 0.3) is 0 Å². The first kappa shape index (κ1) is 15.8. The first-order valence-corrected chi connectivity index (χ1v) is 5.29. The molecular formula is C11H18F2O4. The molecule has 0 aromatic rings. The van der Waals surface area contributed by atoms with Crippen LogP contribution in [0, 0.1) is 5.41 Å². The van der Waals surface area contributed by atoms with Gasteiger partial charge in [0.1, 0.15) is 0 Å². The molecule has 0 heterocycles. The van der Waals surface area contributed by atoms with Gasteiger partial charge in [-0.1, -0.05) is 6.92 Å². The zero-order chi connectivity index (χ0) is 13.7. The lowest BCUT2D eigenvalue weighted by Crippen LogP contribution is -2.29. The fraction of sp³-hybridized carbons (Fsp3) is 0.818. The summed E-state index contributed by atoms with van der Waals surface area (Å²) in [6.45, 7) is 4.12. The van der Waals surface area contributed by atoms with Crippen LogP contribution in [0.1, 0.15) is 34.1 Å². The largest absolute Gasteiger partial charge is 0.457 e. The normalized spacial score (nSPS) is 12.1. The number of alkyl halides is 2. The van der Waals surface area contributed by atoms with Gasteiger partial charge in [-0.05, 0) is 20.3 Å². The van der Waals surface area contributed by atoms with Crippen LogP contribution >= 0.6 is 0 Å². The molecule has 0 spiro atoms. The van der Waals surface area contributed by atoms with E-state index in [1.165, 1.54) is 0 Å². The van der Waals surface area contributed by atoms with Crippen molar-refractivity contribution in [2.45, 2.75) is 40.0 Å². The molecule has 0 saturated carbocycles. The van der Waals surface area contributed by atoms with Crippen molar-refractivity contribution in [3.05, 3.63) is 0 Å². The van der Waals surface area contributed by atoms with E-state index in [0.717, 1.165) is 0 Å². The SMILES string of the molecule is CCC(C)(C)C(=O)OCC(=O)OCC(C)(F)F. The van der Waals surface area contributed by atoms with Gasteiger partial charge in [0, 0.05) is 6.92 Å². The fourth-order valence-electron chi connectivity index (χ4n) is 0.713. The van der Waals surface area contributed by atoms with Gasteiger partial charge >= 0.3 is 11.9 Å². The van der Waals surface area contributed by atoms with E-state index in [2.05, 4.69) is 9.47 Å².